The number of likely N-dealkylation sites (N-methyl/N-ethyl adjacent to an activating group) is 1. The molecule has 0 radical (unpaired) electrons. The van der Waals surface area contributed by atoms with Gasteiger partial charge in [-0.3, -0.25) is 0 Å². The van der Waals surface area contributed by atoms with Gasteiger partial charge in [0.25, 0.3) is 0 Å². The Labute approximate surface area is 147 Å². The molecule has 3 heterocycles. The van der Waals surface area contributed by atoms with Crippen molar-refractivity contribution in [2.45, 2.75) is 0 Å². The predicted molar refractivity (Wildman–Crippen MR) is 99.0 cm³/mol. The van der Waals surface area contributed by atoms with Crippen LogP contribution in [-0.4, -0.2) is 60.2 Å². The van der Waals surface area contributed by atoms with Gasteiger partial charge in [0.05, 0.1) is 12.6 Å². The second-order valence-electron chi connectivity index (χ2n) is 6.28. The molecule has 0 saturated carbocycles. The van der Waals surface area contributed by atoms with E-state index in [1.165, 1.54) is 0 Å². The van der Waals surface area contributed by atoms with E-state index in [2.05, 4.69) is 43.9 Å². The summed E-state index contributed by atoms with van der Waals surface area (Å²) < 4.78 is 5.41. The zero-order valence-electron chi connectivity index (χ0n) is 14.5. The lowest BCUT2D eigenvalue weighted by Gasteiger charge is -2.33. The first-order valence-corrected chi connectivity index (χ1v) is 8.44. The Morgan fingerprint density at radius 3 is 2.64 bits per heavy atom. The number of benzene rings is 1. The number of fused-ring (bicyclic) bond motifs is 1. The van der Waals surface area contributed by atoms with Crippen molar-refractivity contribution in [1.82, 2.24) is 19.9 Å². The van der Waals surface area contributed by atoms with Crippen molar-refractivity contribution >= 4 is 16.7 Å². The number of hydrogen-bond donors (Lipinski definition) is 0. The molecule has 0 bridgehead atoms. The molecular weight excluding hydrogens is 314 g/mol. The second kappa shape index (κ2) is 6.64. The SMILES string of the molecule is COc1ncccc1-c1ccc2ncnc(N3CCN(C)CC3)c2c1. The van der Waals surface area contributed by atoms with Crippen molar-refractivity contribution in [3.05, 3.63) is 42.9 Å². The van der Waals surface area contributed by atoms with Crippen LogP contribution in [0.5, 0.6) is 5.88 Å². The summed E-state index contributed by atoms with van der Waals surface area (Å²) in [6.07, 6.45) is 3.39. The average molecular weight is 335 g/mol. The number of nitrogens with zero attached hydrogens (tertiary/aromatic N) is 5. The van der Waals surface area contributed by atoms with E-state index in [0.717, 1.165) is 54.0 Å². The Balaban J connectivity index is 1.80. The van der Waals surface area contributed by atoms with E-state index in [1.807, 2.05) is 18.2 Å². The molecule has 128 valence electrons. The lowest BCUT2D eigenvalue weighted by Crippen LogP contribution is -2.44. The van der Waals surface area contributed by atoms with Crippen LogP contribution >= 0.6 is 0 Å². The van der Waals surface area contributed by atoms with E-state index in [-0.39, 0.29) is 0 Å². The largest absolute Gasteiger partial charge is 0.481 e. The van der Waals surface area contributed by atoms with Gasteiger partial charge < -0.3 is 14.5 Å². The van der Waals surface area contributed by atoms with Crippen LogP contribution < -0.4 is 9.64 Å². The summed E-state index contributed by atoms with van der Waals surface area (Å²) in [7, 11) is 3.80. The van der Waals surface area contributed by atoms with E-state index in [4.69, 9.17) is 4.74 Å². The maximum absolute atomic E-state index is 5.41. The highest BCUT2D eigenvalue weighted by molar-refractivity contribution is 5.93. The van der Waals surface area contributed by atoms with Gasteiger partial charge in [0.1, 0.15) is 12.1 Å². The molecule has 0 amide bonds. The zero-order valence-corrected chi connectivity index (χ0v) is 14.5. The fourth-order valence-corrected chi connectivity index (χ4v) is 3.25. The first kappa shape index (κ1) is 15.8. The highest BCUT2D eigenvalue weighted by Gasteiger charge is 2.18. The molecule has 1 aliphatic rings. The molecule has 0 unspecified atom stereocenters. The highest BCUT2D eigenvalue weighted by atomic mass is 16.5. The van der Waals surface area contributed by atoms with Crippen LogP contribution in [0.1, 0.15) is 0 Å². The number of piperazine rings is 1. The first-order chi connectivity index (χ1) is 12.3. The van der Waals surface area contributed by atoms with Crippen LogP contribution in [0.3, 0.4) is 0 Å². The Morgan fingerprint density at radius 1 is 1.00 bits per heavy atom. The lowest BCUT2D eigenvalue weighted by molar-refractivity contribution is 0.312. The number of methoxy groups -OCH3 is 1. The minimum absolute atomic E-state index is 0.625. The van der Waals surface area contributed by atoms with Crippen LogP contribution in [0.2, 0.25) is 0 Å². The van der Waals surface area contributed by atoms with Crippen molar-refractivity contribution in [2.75, 3.05) is 45.2 Å². The Kier molecular flexibility index (Phi) is 4.19. The van der Waals surface area contributed by atoms with Gasteiger partial charge >= 0.3 is 0 Å². The minimum atomic E-state index is 0.625. The van der Waals surface area contributed by atoms with Gasteiger partial charge in [0.15, 0.2) is 0 Å². The topological polar surface area (TPSA) is 54.4 Å². The quantitative estimate of drug-likeness (QED) is 0.733. The molecule has 6 nitrogen and oxygen atoms in total. The molecule has 0 spiro atoms. The molecule has 4 rings (SSSR count). The van der Waals surface area contributed by atoms with Crippen LogP contribution in [-0.2, 0) is 0 Å². The maximum Gasteiger partial charge on any atom is 0.221 e. The number of pyridine rings is 1. The highest BCUT2D eigenvalue weighted by Crippen LogP contribution is 2.32. The van der Waals surface area contributed by atoms with E-state index in [0.29, 0.717) is 5.88 Å². The van der Waals surface area contributed by atoms with Gasteiger partial charge in [-0.05, 0) is 36.9 Å². The third-order valence-corrected chi connectivity index (χ3v) is 4.69. The molecule has 0 atom stereocenters. The molecule has 2 aromatic heterocycles. The monoisotopic (exact) mass is 335 g/mol. The molecule has 1 aromatic carbocycles. The molecule has 1 saturated heterocycles. The number of aromatic nitrogens is 3. The van der Waals surface area contributed by atoms with E-state index < -0.39 is 0 Å². The second-order valence-corrected chi connectivity index (χ2v) is 6.28. The number of rotatable bonds is 3. The first-order valence-electron chi connectivity index (χ1n) is 8.44. The molecule has 0 aliphatic carbocycles. The normalized spacial score (nSPS) is 15.5. The Hall–Kier alpha value is -2.73. The number of anilines is 1. The number of ether oxygens (including phenoxy) is 1. The summed E-state index contributed by atoms with van der Waals surface area (Å²) in [6.45, 7) is 4.04. The summed E-state index contributed by atoms with van der Waals surface area (Å²) >= 11 is 0. The van der Waals surface area contributed by atoms with E-state index >= 15 is 0 Å². The van der Waals surface area contributed by atoms with Gasteiger partial charge in [-0.25, -0.2) is 15.0 Å². The summed E-state index contributed by atoms with van der Waals surface area (Å²) in [6, 6.07) is 10.2. The van der Waals surface area contributed by atoms with Crippen molar-refractivity contribution in [3.8, 4) is 17.0 Å². The van der Waals surface area contributed by atoms with Crippen molar-refractivity contribution in [1.29, 1.82) is 0 Å². The fraction of sp³-hybridized carbons (Fsp3) is 0.316. The third kappa shape index (κ3) is 3.00. The smallest absolute Gasteiger partial charge is 0.221 e. The van der Waals surface area contributed by atoms with Crippen molar-refractivity contribution in [2.24, 2.45) is 0 Å². The maximum atomic E-state index is 5.41. The summed E-state index contributed by atoms with van der Waals surface area (Å²) in [5.41, 5.74) is 2.98. The summed E-state index contributed by atoms with van der Waals surface area (Å²) in [4.78, 5) is 18.0. The van der Waals surface area contributed by atoms with Crippen LogP contribution in [0.4, 0.5) is 5.82 Å². The molecule has 25 heavy (non-hydrogen) atoms. The standard InChI is InChI=1S/C19H21N5O/c1-23-8-10-24(11-9-23)18-16-12-14(5-6-17(16)21-13-22-18)15-4-3-7-20-19(15)25-2/h3-7,12-13H,8-11H2,1-2H3. The molecule has 0 N–H and O–H groups in total. The lowest BCUT2D eigenvalue weighted by atomic mass is 10.0. The van der Waals surface area contributed by atoms with Gasteiger partial charge in [-0.15, -0.1) is 0 Å². The molecular formula is C19H21N5O. The van der Waals surface area contributed by atoms with Gasteiger partial charge in [-0.2, -0.15) is 0 Å². The minimum Gasteiger partial charge on any atom is -0.481 e. The van der Waals surface area contributed by atoms with E-state index in [1.54, 1.807) is 19.6 Å². The summed E-state index contributed by atoms with van der Waals surface area (Å²) in [5.74, 6) is 1.63. The van der Waals surface area contributed by atoms with Crippen LogP contribution in [0, 0.1) is 0 Å². The zero-order chi connectivity index (χ0) is 17.2. The number of hydrogen-bond acceptors (Lipinski definition) is 6. The van der Waals surface area contributed by atoms with Crippen LogP contribution in [0.25, 0.3) is 22.0 Å². The molecule has 1 fully saturated rings. The van der Waals surface area contributed by atoms with Crippen LogP contribution in [0.15, 0.2) is 42.9 Å². The Morgan fingerprint density at radius 2 is 1.84 bits per heavy atom. The van der Waals surface area contributed by atoms with Gasteiger partial charge in [-0.1, -0.05) is 6.07 Å². The van der Waals surface area contributed by atoms with Gasteiger partial charge in [0.2, 0.25) is 5.88 Å². The third-order valence-electron chi connectivity index (χ3n) is 4.69. The van der Waals surface area contributed by atoms with Crippen molar-refractivity contribution < 1.29 is 4.74 Å². The molecule has 6 heteroatoms. The van der Waals surface area contributed by atoms with Gasteiger partial charge in [0, 0.05) is 43.3 Å². The Bertz CT molecular complexity index is 890. The molecule has 3 aromatic rings. The molecule has 1 aliphatic heterocycles. The predicted octanol–water partition coefficient (Wildman–Crippen LogP) is 2.45. The van der Waals surface area contributed by atoms with Crippen molar-refractivity contribution in [3.63, 3.8) is 0 Å². The summed E-state index contributed by atoms with van der Waals surface area (Å²) in [5, 5.41) is 1.07. The van der Waals surface area contributed by atoms with E-state index in [9.17, 15) is 0 Å². The average Bonchev–Trinajstić information content (AvgIpc) is 2.68. The fourth-order valence-electron chi connectivity index (χ4n) is 3.25.